The fraction of sp³-hybridized carbons (Fsp3) is 0.900. The molecule has 92 valence electrons. The first-order valence-electron chi connectivity index (χ1n) is 5.71. The van der Waals surface area contributed by atoms with Gasteiger partial charge in [0.05, 0.1) is 0 Å². The number of rotatable bonds is 3. The Hall–Kier alpha value is -0.850. The second-order valence-electron chi connectivity index (χ2n) is 4.55. The van der Waals surface area contributed by atoms with Crippen LogP contribution in [-0.2, 0) is 4.74 Å². The van der Waals surface area contributed by atoms with Crippen LogP contribution in [0.15, 0.2) is 4.99 Å². The zero-order valence-corrected chi connectivity index (χ0v) is 9.44. The number of hydrogen-bond donors (Lipinski definition) is 4. The molecule has 0 bridgehead atoms. The summed E-state index contributed by atoms with van der Waals surface area (Å²) in [7, 11) is 0. The average molecular weight is 229 g/mol. The molecule has 5 N–H and O–H groups in total. The van der Waals surface area contributed by atoms with E-state index in [0.29, 0.717) is 12.8 Å². The molecule has 16 heavy (non-hydrogen) atoms. The molecule has 0 aromatic rings. The number of hydrogen-bond acceptors (Lipinski definition) is 6. The summed E-state index contributed by atoms with van der Waals surface area (Å²) < 4.78 is 5.06. The summed E-state index contributed by atoms with van der Waals surface area (Å²) in [6.45, 7) is 2.96. The topological polar surface area (TPSA) is 100 Å². The molecule has 1 unspecified atom stereocenters. The summed E-state index contributed by atoms with van der Waals surface area (Å²) in [6.07, 6.45) is 2.43. The molecule has 1 aliphatic carbocycles. The summed E-state index contributed by atoms with van der Waals surface area (Å²) in [5, 5.41) is 23.6. The van der Waals surface area contributed by atoms with Crippen molar-refractivity contribution in [1.29, 1.82) is 0 Å². The smallest absolute Gasteiger partial charge is 0.287 e. The summed E-state index contributed by atoms with van der Waals surface area (Å²) in [5.41, 5.74) is 3.83. The molecule has 1 saturated carbocycles. The number of nitrogens with one attached hydrogen (secondary N) is 1. The molecule has 6 nitrogen and oxygen atoms in total. The fourth-order valence-electron chi connectivity index (χ4n) is 2.34. The molecule has 0 saturated heterocycles. The van der Waals surface area contributed by atoms with E-state index in [1.807, 2.05) is 0 Å². The second kappa shape index (κ2) is 3.87. The number of aliphatic hydroxyl groups is 2. The predicted molar refractivity (Wildman–Crippen MR) is 58.5 cm³/mol. The van der Waals surface area contributed by atoms with Gasteiger partial charge >= 0.3 is 0 Å². The molecule has 2 aliphatic rings. The lowest BCUT2D eigenvalue weighted by Gasteiger charge is -2.41. The number of aliphatic imine (C=N–C) groups is 1. The van der Waals surface area contributed by atoms with Crippen molar-refractivity contribution in [3.63, 3.8) is 0 Å². The van der Waals surface area contributed by atoms with Crippen LogP contribution in [0.5, 0.6) is 0 Å². The van der Waals surface area contributed by atoms with E-state index >= 15 is 0 Å². The van der Waals surface area contributed by atoms with Crippen LogP contribution < -0.4 is 11.1 Å². The van der Waals surface area contributed by atoms with Crippen molar-refractivity contribution in [1.82, 2.24) is 5.32 Å². The molecule has 0 aromatic heterocycles. The standard InChI is InChI=1S/C10H19N3O3/c1-2-5-12-7-3-4-9(14)10(15,6-7)16-8(11)13-9/h7,12,14-15H,2-6H2,1H3,(H2,11,13)/t7?,9-,10-/m1/s1. The largest absolute Gasteiger partial charge is 0.427 e. The summed E-state index contributed by atoms with van der Waals surface area (Å²) in [5.74, 6) is -1.67. The van der Waals surface area contributed by atoms with Gasteiger partial charge in [-0.05, 0) is 19.4 Å². The first-order valence-corrected chi connectivity index (χ1v) is 5.71. The SMILES string of the molecule is CCCNC1CC[C@]2(O)N=C(N)O[C@]2(O)C1. The van der Waals surface area contributed by atoms with Gasteiger partial charge in [0, 0.05) is 18.9 Å². The van der Waals surface area contributed by atoms with Crippen LogP contribution in [0.25, 0.3) is 0 Å². The Kier molecular flexibility index (Phi) is 2.81. The minimum atomic E-state index is -1.67. The fourth-order valence-corrected chi connectivity index (χ4v) is 2.34. The van der Waals surface area contributed by atoms with Crippen molar-refractivity contribution in [2.75, 3.05) is 6.54 Å². The second-order valence-corrected chi connectivity index (χ2v) is 4.55. The van der Waals surface area contributed by atoms with E-state index in [0.717, 1.165) is 19.4 Å². The number of nitrogens with two attached hydrogens (primary N) is 1. The Morgan fingerprint density at radius 1 is 1.62 bits per heavy atom. The average Bonchev–Trinajstić information content (AvgIpc) is 2.43. The maximum absolute atomic E-state index is 10.2. The first-order chi connectivity index (χ1) is 7.49. The Morgan fingerprint density at radius 3 is 3.06 bits per heavy atom. The van der Waals surface area contributed by atoms with E-state index in [9.17, 15) is 10.2 Å². The molecule has 0 spiro atoms. The predicted octanol–water partition coefficient (Wildman–Crippen LogP) is -0.739. The van der Waals surface area contributed by atoms with Gasteiger partial charge in [-0.25, -0.2) is 0 Å². The van der Waals surface area contributed by atoms with Crippen LogP contribution in [0, 0.1) is 0 Å². The third-order valence-corrected chi connectivity index (χ3v) is 3.24. The van der Waals surface area contributed by atoms with Crippen molar-refractivity contribution < 1.29 is 14.9 Å². The van der Waals surface area contributed by atoms with Gasteiger partial charge in [0.25, 0.3) is 11.8 Å². The molecule has 0 aromatic carbocycles. The van der Waals surface area contributed by atoms with Gasteiger partial charge in [0.1, 0.15) is 0 Å². The molecule has 3 atom stereocenters. The molecule has 1 aliphatic heterocycles. The van der Waals surface area contributed by atoms with Crippen LogP contribution in [0.2, 0.25) is 0 Å². The van der Waals surface area contributed by atoms with Gasteiger partial charge in [-0.2, -0.15) is 4.99 Å². The van der Waals surface area contributed by atoms with E-state index in [-0.39, 0.29) is 12.1 Å². The lowest BCUT2D eigenvalue weighted by molar-refractivity contribution is -0.265. The highest BCUT2D eigenvalue weighted by molar-refractivity contribution is 5.74. The van der Waals surface area contributed by atoms with E-state index in [1.54, 1.807) is 0 Å². The van der Waals surface area contributed by atoms with Crippen molar-refractivity contribution in [2.45, 2.75) is 50.2 Å². The molecular weight excluding hydrogens is 210 g/mol. The lowest BCUT2D eigenvalue weighted by Crippen LogP contribution is -2.58. The van der Waals surface area contributed by atoms with E-state index in [2.05, 4.69) is 17.2 Å². The van der Waals surface area contributed by atoms with Crippen LogP contribution in [0.1, 0.15) is 32.6 Å². The molecule has 1 fully saturated rings. The van der Waals surface area contributed by atoms with Crippen molar-refractivity contribution >= 4 is 6.02 Å². The van der Waals surface area contributed by atoms with Gasteiger partial charge in [-0.3, -0.25) is 0 Å². The number of amidine groups is 1. The van der Waals surface area contributed by atoms with Gasteiger partial charge < -0.3 is 26.0 Å². The summed E-state index contributed by atoms with van der Waals surface area (Å²) >= 11 is 0. The molecule has 1 heterocycles. The third kappa shape index (κ3) is 1.77. The molecule has 0 radical (unpaired) electrons. The van der Waals surface area contributed by atoms with Gasteiger partial charge in [0.2, 0.25) is 5.72 Å². The maximum atomic E-state index is 10.2. The number of ether oxygens (including phenoxy) is 1. The van der Waals surface area contributed by atoms with Crippen molar-refractivity contribution in [2.24, 2.45) is 10.7 Å². The zero-order valence-electron chi connectivity index (χ0n) is 9.44. The Labute approximate surface area is 94.5 Å². The lowest BCUT2D eigenvalue weighted by atomic mass is 9.83. The highest BCUT2D eigenvalue weighted by Gasteiger charge is 2.60. The van der Waals surface area contributed by atoms with Crippen LogP contribution in [0.3, 0.4) is 0 Å². The van der Waals surface area contributed by atoms with Crippen LogP contribution in [-0.4, -0.2) is 40.3 Å². The minimum absolute atomic E-state index is 0.131. The quantitative estimate of drug-likeness (QED) is 0.511. The van der Waals surface area contributed by atoms with E-state index in [1.165, 1.54) is 0 Å². The monoisotopic (exact) mass is 229 g/mol. The van der Waals surface area contributed by atoms with Gasteiger partial charge in [0.15, 0.2) is 0 Å². The first kappa shape index (κ1) is 11.6. The molecule has 0 amide bonds. The maximum Gasteiger partial charge on any atom is 0.287 e. The Morgan fingerprint density at radius 2 is 2.38 bits per heavy atom. The number of nitrogens with zero attached hydrogens (tertiary/aromatic N) is 1. The molecular formula is C10H19N3O3. The number of fused-ring (bicyclic) bond motifs is 1. The molecule has 6 heteroatoms. The summed E-state index contributed by atoms with van der Waals surface area (Å²) in [6, 6.07) is -0.00698. The van der Waals surface area contributed by atoms with Crippen molar-refractivity contribution in [3.8, 4) is 0 Å². The summed E-state index contributed by atoms with van der Waals surface area (Å²) in [4.78, 5) is 3.78. The normalized spacial score (nSPS) is 42.4. The van der Waals surface area contributed by atoms with E-state index in [4.69, 9.17) is 10.5 Å². The molecule has 2 rings (SSSR count). The van der Waals surface area contributed by atoms with Gasteiger partial charge in [-0.15, -0.1) is 0 Å². The zero-order chi connectivity index (χ0) is 11.8. The van der Waals surface area contributed by atoms with Crippen LogP contribution >= 0.6 is 0 Å². The van der Waals surface area contributed by atoms with Gasteiger partial charge in [-0.1, -0.05) is 6.92 Å². The van der Waals surface area contributed by atoms with Crippen LogP contribution in [0.4, 0.5) is 0 Å². The van der Waals surface area contributed by atoms with E-state index < -0.39 is 11.5 Å². The third-order valence-electron chi connectivity index (χ3n) is 3.24. The minimum Gasteiger partial charge on any atom is -0.427 e. The Bertz CT molecular complexity index is 310. The highest BCUT2D eigenvalue weighted by atomic mass is 16.7. The highest BCUT2D eigenvalue weighted by Crippen LogP contribution is 2.42. The Balaban J connectivity index is 2.04. The van der Waals surface area contributed by atoms with Crippen molar-refractivity contribution in [3.05, 3.63) is 0 Å².